The first-order chi connectivity index (χ1) is 10.2. The third kappa shape index (κ3) is 2.99. The first kappa shape index (κ1) is 15.3. The molecule has 1 aliphatic carbocycles. The lowest BCUT2D eigenvalue weighted by molar-refractivity contribution is -0.0838. The van der Waals surface area contributed by atoms with E-state index in [1.165, 1.54) is 30.4 Å². The van der Waals surface area contributed by atoms with E-state index in [2.05, 4.69) is 40.3 Å². The minimum atomic E-state index is 0.0562. The SMILES string of the molecule is CCNC(CC1(OC)CCC1)c1cc(Br)cc2c1OCC2. The van der Waals surface area contributed by atoms with Gasteiger partial charge >= 0.3 is 0 Å². The zero-order valence-electron chi connectivity index (χ0n) is 12.9. The van der Waals surface area contributed by atoms with Crippen LogP contribution in [0.15, 0.2) is 16.6 Å². The van der Waals surface area contributed by atoms with Crippen LogP contribution in [-0.2, 0) is 11.2 Å². The van der Waals surface area contributed by atoms with Gasteiger partial charge in [0.2, 0.25) is 0 Å². The molecule has 3 nitrogen and oxygen atoms in total. The van der Waals surface area contributed by atoms with Gasteiger partial charge in [-0.25, -0.2) is 0 Å². The number of hydrogen-bond donors (Lipinski definition) is 1. The summed E-state index contributed by atoms with van der Waals surface area (Å²) in [6.07, 6.45) is 5.64. The summed E-state index contributed by atoms with van der Waals surface area (Å²) in [6, 6.07) is 4.68. The fourth-order valence-corrected chi connectivity index (χ4v) is 4.05. The van der Waals surface area contributed by atoms with Gasteiger partial charge < -0.3 is 14.8 Å². The molecule has 1 saturated carbocycles. The normalized spacial score (nSPS) is 20.5. The molecule has 4 heteroatoms. The highest BCUT2D eigenvalue weighted by atomic mass is 79.9. The smallest absolute Gasteiger partial charge is 0.127 e. The van der Waals surface area contributed by atoms with Gasteiger partial charge in [0.15, 0.2) is 0 Å². The van der Waals surface area contributed by atoms with Crippen LogP contribution in [0.4, 0.5) is 0 Å². The molecule has 21 heavy (non-hydrogen) atoms. The van der Waals surface area contributed by atoms with E-state index in [-0.39, 0.29) is 5.60 Å². The molecule has 1 aliphatic heterocycles. The van der Waals surface area contributed by atoms with E-state index in [1.54, 1.807) is 0 Å². The lowest BCUT2D eigenvalue weighted by Crippen LogP contribution is -2.43. The van der Waals surface area contributed by atoms with Crippen molar-refractivity contribution in [2.45, 2.75) is 50.7 Å². The highest BCUT2D eigenvalue weighted by molar-refractivity contribution is 9.10. The second-order valence-corrected chi connectivity index (χ2v) is 7.05. The minimum absolute atomic E-state index is 0.0562. The third-order valence-corrected chi connectivity index (χ3v) is 5.33. The number of halogens is 1. The molecule has 1 aromatic carbocycles. The first-order valence-corrected chi connectivity index (χ1v) is 8.70. The number of ether oxygens (including phenoxy) is 2. The average Bonchev–Trinajstić information content (AvgIpc) is 2.88. The predicted octanol–water partition coefficient (Wildman–Crippen LogP) is 3.99. The molecule has 0 radical (unpaired) electrons. The summed E-state index contributed by atoms with van der Waals surface area (Å²) in [5.74, 6) is 1.09. The van der Waals surface area contributed by atoms with Gasteiger partial charge in [-0.05, 0) is 49.9 Å². The van der Waals surface area contributed by atoms with E-state index in [1.807, 2.05) is 7.11 Å². The van der Waals surface area contributed by atoms with E-state index >= 15 is 0 Å². The van der Waals surface area contributed by atoms with Gasteiger partial charge in [-0.1, -0.05) is 22.9 Å². The van der Waals surface area contributed by atoms with Crippen molar-refractivity contribution in [2.75, 3.05) is 20.3 Å². The number of hydrogen-bond acceptors (Lipinski definition) is 3. The molecule has 1 N–H and O–H groups in total. The predicted molar refractivity (Wildman–Crippen MR) is 88.0 cm³/mol. The van der Waals surface area contributed by atoms with E-state index < -0.39 is 0 Å². The number of methoxy groups -OCH3 is 1. The van der Waals surface area contributed by atoms with E-state index in [4.69, 9.17) is 9.47 Å². The van der Waals surface area contributed by atoms with Crippen molar-refractivity contribution in [1.82, 2.24) is 5.32 Å². The molecular formula is C17H24BrNO2. The molecule has 2 aliphatic rings. The first-order valence-electron chi connectivity index (χ1n) is 7.91. The summed E-state index contributed by atoms with van der Waals surface area (Å²) in [5, 5.41) is 3.63. The second kappa shape index (κ2) is 6.27. The lowest BCUT2D eigenvalue weighted by Gasteiger charge is -2.43. The van der Waals surface area contributed by atoms with Gasteiger partial charge in [0.05, 0.1) is 12.2 Å². The van der Waals surface area contributed by atoms with Crippen LogP contribution >= 0.6 is 15.9 Å². The average molecular weight is 354 g/mol. The van der Waals surface area contributed by atoms with Crippen molar-refractivity contribution in [3.63, 3.8) is 0 Å². The number of nitrogens with one attached hydrogen (secondary N) is 1. The molecule has 1 atom stereocenters. The topological polar surface area (TPSA) is 30.5 Å². The highest BCUT2D eigenvalue weighted by Crippen LogP contribution is 2.45. The van der Waals surface area contributed by atoms with Gasteiger partial charge in [0, 0.05) is 29.6 Å². The summed E-state index contributed by atoms with van der Waals surface area (Å²) in [4.78, 5) is 0. The van der Waals surface area contributed by atoms with Gasteiger partial charge in [-0.2, -0.15) is 0 Å². The van der Waals surface area contributed by atoms with Gasteiger partial charge in [0.1, 0.15) is 5.75 Å². The minimum Gasteiger partial charge on any atom is -0.493 e. The van der Waals surface area contributed by atoms with E-state index in [0.29, 0.717) is 6.04 Å². The van der Waals surface area contributed by atoms with Crippen LogP contribution in [0.1, 0.15) is 49.8 Å². The van der Waals surface area contributed by atoms with Gasteiger partial charge in [0.25, 0.3) is 0 Å². The fourth-order valence-electron chi connectivity index (χ4n) is 3.53. The Morgan fingerprint density at radius 3 is 2.86 bits per heavy atom. The van der Waals surface area contributed by atoms with Gasteiger partial charge in [-0.15, -0.1) is 0 Å². The van der Waals surface area contributed by atoms with Crippen LogP contribution in [0.3, 0.4) is 0 Å². The van der Waals surface area contributed by atoms with Gasteiger partial charge in [-0.3, -0.25) is 0 Å². The Kier molecular flexibility index (Phi) is 4.57. The molecule has 3 rings (SSSR count). The van der Waals surface area contributed by atoms with Crippen molar-refractivity contribution < 1.29 is 9.47 Å². The van der Waals surface area contributed by atoms with Crippen molar-refractivity contribution >= 4 is 15.9 Å². The zero-order chi connectivity index (χ0) is 14.9. The maximum absolute atomic E-state index is 5.91. The van der Waals surface area contributed by atoms with Crippen molar-refractivity contribution in [3.05, 3.63) is 27.7 Å². The molecule has 0 spiro atoms. The summed E-state index contributed by atoms with van der Waals surface area (Å²) in [7, 11) is 1.85. The second-order valence-electron chi connectivity index (χ2n) is 6.14. The van der Waals surface area contributed by atoms with Crippen molar-refractivity contribution in [2.24, 2.45) is 0 Å². The molecule has 1 unspecified atom stereocenters. The Bertz CT molecular complexity index is 508. The van der Waals surface area contributed by atoms with Crippen LogP contribution in [0.25, 0.3) is 0 Å². The fraction of sp³-hybridized carbons (Fsp3) is 0.647. The zero-order valence-corrected chi connectivity index (χ0v) is 14.5. The molecule has 0 saturated heterocycles. The molecular weight excluding hydrogens is 330 g/mol. The maximum atomic E-state index is 5.91. The molecule has 1 fully saturated rings. The Balaban J connectivity index is 1.90. The molecule has 0 amide bonds. The number of benzene rings is 1. The Hall–Kier alpha value is -0.580. The third-order valence-electron chi connectivity index (χ3n) is 4.88. The van der Waals surface area contributed by atoms with Crippen molar-refractivity contribution in [3.8, 4) is 5.75 Å². The molecule has 0 bridgehead atoms. The molecule has 0 aromatic heterocycles. The Labute approximate surface area is 135 Å². The Morgan fingerprint density at radius 1 is 1.43 bits per heavy atom. The quantitative estimate of drug-likeness (QED) is 0.838. The Morgan fingerprint density at radius 2 is 2.24 bits per heavy atom. The summed E-state index contributed by atoms with van der Waals surface area (Å²) >= 11 is 3.65. The van der Waals surface area contributed by atoms with Crippen LogP contribution in [-0.4, -0.2) is 25.9 Å². The van der Waals surface area contributed by atoms with E-state index in [9.17, 15) is 0 Å². The van der Waals surface area contributed by atoms with E-state index in [0.717, 1.165) is 36.2 Å². The molecule has 1 heterocycles. The maximum Gasteiger partial charge on any atom is 0.127 e. The molecule has 1 aromatic rings. The summed E-state index contributed by atoms with van der Waals surface area (Å²) < 4.78 is 12.9. The largest absolute Gasteiger partial charge is 0.493 e. The van der Waals surface area contributed by atoms with Crippen LogP contribution in [0, 0.1) is 0 Å². The number of fused-ring (bicyclic) bond motifs is 1. The summed E-state index contributed by atoms with van der Waals surface area (Å²) in [5.41, 5.74) is 2.66. The van der Waals surface area contributed by atoms with Crippen LogP contribution in [0.5, 0.6) is 5.75 Å². The summed E-state index contributed by atoms with van der Waals surface area (Å²) in [6.45, 7) is 3.91. The highest BCUT2D eigenvalue weighted by Gasteiger charge is 2.40. The number of rotatable bonds is 6. The lowest BCUT2D eigenvalue weighted by atomic mass is 9.74. The van der Waals surface area contributed by atoms with Crippen LogP contribution in [0.2, 0.25) is 0 Å². The molecule has 116 valence electrons. The van der Waals surface area contributed by atoms with Crippen LogP contribution < -0.4 is 10.1 Å². The van der Waals surface area contributed by atoms with Crippen molar-refractivity contribution in [1.29, 1.82) is 0 Å². The standard InChI is InChI=1S/C17H24BrNO2/c1-3-19-15(11-17(20-2)6-4-7-17)14-10-13(18)9-12-5-8-21-16(12)14/h9-10,15,19H,3-8,11H2,1-2H3. The monoisotopic (exact) mass is 353 g/mol.